The summed E-state index contributed by atoms with van der Waals surface area (Å²) >= 11 is 12.1. The van der Waals surface area contributed by atoms with Crippen molar-refractivity contribution in [2.24, 2.45) is 0 Å². The number of rotatable bonds is 5. The van der Waals surface area contributed by atoms with Gasteiger partial charge in [-0.15, -0.1) is 0 Å². The molecule has 0 bridgehead atoms. The lowest BCUT2D eigenvalue weighted by atomic mass is 10.2. The van der Waals surface area contributed by atoms with Crippen LogP contribution in [0.25, 0.3) is 10.9 Å². The maximum atomic E-state index is 12.8. The number of anilines is 1. The Kier molecular flexibility index (Phi) is 5.74. The second kappa shape index (κ2) is 8.61. The minimum absolute atomic E-state index is 0.00426. The van der Waals surface area contributed by atoms with E-state index in [1.165, 1.54) is 6.07 Å². The Hall–Kier alpha value is -3.28. The molecule has 4 rings (SSSR count). The first-order valence-electron chi connectivity index (χ1n) is 9.10. The molecule has 0 spiro atoms. The summed E-state index contributed by atoms with van der Waals surface area (Å²) in [4.78, 5) is 24.9. The molecular formula is C23H16Cl2N2O3. The summed E-state index contributed by atoms with van der Waals surface area (Å²) in [7, 11) is 0. The Morgan fingerprint density at radius 2 is 1.67 bits per heavy atom. The molecule has 0 saturated heterocycles. The summed E-state index contributed by atoms with van der Waals surface area (Å²) in [6.07, 6.45) is 1.58. The van der Waals surface area contributed by atoms with Gasteiger partial charge >= 0.3 is 0 Å². The minimum atomic E-state index is -0.296. The van der Waals surface area contributed by atoms with Crippen molar-refractivity contribution >= 4 is 45.7 Å². The molecule has 4 aromatic rings. The summed E-state index contributed by atoms with van der Waals surface area (Å²) in [6, 6.07) is 20.7. The fraction of sp³-hybridized carbons (Fsp3) is 0.0435. The van der Waals surface area contributed by atoms with Crippen LogP contribution >= 0.6 is 23.2 Å². The van der Waals surface area contributed by atoms with Crippen molar-refractivity contribution in [1.29, 1.82) is 0 Å². The molecule has 30 heavy (non-hydrogen) atoms. The number of carbonyl (C=O) groups excluding carboxylic acids is 1. The number of amides is 1. The third kappa shape index (κ3) is 4.48. The predicted octanol–water partition coefficient (Wildman–Crippen LogP) is 5.74. The highest BCUT2D eigenvalue weighted by Gasteiger charge is 2.12. The molecule has 150 valence electrons. The summed E-state index contributed by atoms with van der Waals surface area (Å²) in [5.74, 6) is 0.809. The van der Waals surface area contributed by atoms with E-state index in [2.05, 4.69) is 5.32 Å². The van der Waals surface area contributed by atoms with Gasteiger partial charge in [0.1, 0.15) is 12.3 Å². The van der Waals surface area contributed by atoms with Crippen LogP contribution in [0, 0.1) is 0 Å². The molecule has 0 fully saturated rings. The summed E-state index contributed by atoms with van der Waals surface area (Å²) in [5, 5.41) is 4.22. The average molecular weight is 439 g/mol. The fourth-order valence-corrected chi connectivity index (χ4v) is 3.41. The lowest BCUT2D eigenvalue weighted by molar-refractivity contribution is -0.116. The number of hydrogen-bond donors (Lipinski definition) is 1. The van der Waals surface area contributed by atoms with E-state index < -0.39 is 0 Å². The molecule has 0 aliphatic rings. The number of aromatic nitrogens is 1. The Morgan fingerprint density at radius 3 is 2.47 bits per heavy atom. The van der Waals surface area contributed by atoms with Crippen molar-refractivity contribution in [2.75, 3.05) is 5.32 Å². The highest BCUT2D eigenvalue weighted by atomic mass is 35.5. The van der Waals surface area contributed by atoms with Crippen LogP contribution in [0.3, 0.4) is 0 Å². The van der Waals surface area contributed by atoms with Crippen LogP contribution < -0.4 is 15.5 Å². The van der Waals surface area contributed by atoms with E-state index in [4.69, 9.17) is 27.9 Å². The van der Waals surface area contributed by atoms with Gasteiger partial charge in [0.15, 0.2) is 11.2 Å². The van der Waals surface area contributed by atoms with Crippen molar-refractivity contribution in [3.8, 4) is 11.5 Å². The highest BCUT2D eigenvalue weighted by molar-refractivity contribution is 6.31. The molecule has 0 aliphatic heterocycles. The first-order chi connectivity index (χ1) is 14.5. The molecule has 7 heteroatoms. The molecule has 3 aromatic carbocycles. The molecule has 1 aromatic heterocycles. The van der Waals surface area contributed by atoms with Gasteiger partial charge in [-0.2, -0.15) is 0 Å². The molecule has 5 nitrogen and oxygen atoms in total. The van der Waals surface area contributed by atoms with Gasteiger partial charge in [0.05, 0.1) is 11.2 Å². The highest BCUT2D eigenvalue weighted by Crippen LogP contribution is 2.32. The number of carbonyl (C=O) groups is 1. The average Bonchev–Trinajstić information content (AvgIpc) is 2.73. The van der Waals surface area contributed by atoms with E-state index in [0.717, 1.165) is 0 Å². The minimum Gasteiger partial charge on any atom is -0.455 e. The largest absolute Gasteiger partial charge is 0.455 e. The first-order valence-corrected chi connectivity index (χ1v) is 9.86. The maximum Gasteiger partial charge on any atom is 0.244 e. The summed E-state index contributed by atoms with van der Waals surface area (Å²) in [5.41, 5.74) is 0.913. The molecule has 0 atom stereocenters. The zero-order valence-corrected chi connectivity index (χ0v) is 17.2. The first kappa shape index (κ1) is 20.0. The normalized spacial score (nSPS) is 10.7. The summed E-state index contributed by atoms with van der Waals surface area (Å²) in [6.45, 7) is -0.00426. The number of fused-ring (bicyclic) bond motifs is 1. The Bertz CT molecular complexity index is 1290. The quantitative estimate of drug-likeness (QED) is 0.432. The van der Waals surface area contributed by atoms with Crippen molar-refractivity contribution < 1.29 is 9.53 Å². The van der Waals surface area contributed by atoms with E-state index in [-0.39, 0.29) is 17.9 Å². The number of benzene rings is 3. The van der Waals surface area contributed by atoms with Gasteiger partial charge in [-0.1, -0.05) is 41.4 Å². The third-order valence-corrected chi connectivity index (χ3v) is 4.91. The number of ether oxygens (including phenoxy) is 1. The smallest absolute Gasteiger partial charge is 0.244 e. The van der Waals surface area contributed by atoms with Crippen LogP contribution in [0.1, 0.15) is 0 Å². The molecule has 0 aliphatic carbocycles. The van der Waals surface area contributed by atoms with Crippen LogP contribution in [0.2, 0.25) is 10.0 Å². The van der Waals surface area contributed by atoms with Crippen LogP contribution in [-0.4, -0.2) is 10.5 Å². The monoisotopic (exact) mass is 438 g/mol. The lowest BCUT2D eigenvalue weighted by Crippen LogP contribution is -2.20. The molecular weight excluding hydrogens is 423 g/mol. The van der Waals surface area contributed by atoms with Gasteiger partial charge in [0.25, 0.3) is 0 Å². The van der Waals surface area contributed by atoms with E-state index in [1.807, 2.05) is 30.3 Å². The van der Waals surface area contributed by atoms with E-state index >= 15 is 0 Å². The van der Waals surface area contributed by atoms with Crippen LogP contribution in [0.5, 0.6) is 11.5 Å². The molecule has 0 unspecified atom stereocenters. The van der Waals surface area contributed by atoms with Crippen molar-refractivity contribution in [1.82, 2.24) is 4.57 Å². The van der Waals surface area contributed by atoms with E-state index in [1.54, 1.807) is 47.2 Å². The number of nitrogens with one attached hydrogen (secondary N) is 1. The van der Waals surface area contributed by atoms with Gasteiger partial charge in [0, 0.05) is 27.7 Å². The van der Waals surface area contributed by atoms with Gasteiger partial charge in [-0.25, -0.2) is 0 Å². The van der Waals surface area contributed by atoms with Crippen LogP contribution in [-0.2, 0) is 11.3 Å². The Morgan fingerprint density at radius 1 is 0.933 bits per heavy atom. The third-order valence-electron chi connectivity index (χ3n) is 4.44. The lowest BCUT2D eigenvalue weighted by Gasteiger charge is -2.14. The molecule has 1 heterocycles. The molecule has 1 amide bonds. The maximum absolute atomic E-state index is 12.8. The topological polar surface area (TPSA) is 60.3 Å². The van der Waals surface area contributed by atoms with E-state index in [0.29, 0.717) is 38.1 Å². The van der Waals surface area contributed by atoms with Gasteiger partial charge in [0.2, 0.25) is 5.91 Å². The van der Waals surface area contributed by atoms with Gasteiger partial charge < -0.3 is 14.6 Å². The molecule has 0 saturated carbocycles. The van der Waals surface area contributed by atoms with E-state index in [9.17, 15) is 9.59 Å². The fourth-order valence-electron chi connectivity index (χ4n) is 3.07. The van der Waals surface area contributed by atoms with Crippen molar-refractivity contribution in [3.63, 3.8) is 0 Å². The number of para-hydroxylation sites is 1. The molecule has 1 N–H and O–H groups in total. The zero-order valence-electron chi connectivity index (χ0n) is 15.6. The summed E-state index contributed by atoms with van der Waals surface area (Å²) < 4.78 is 7.56. The zero-order chi connectivity index (χ0) is 21.1. The van der Waals surface area contributed by atoms with Crippen molar-refractivity contribution in [3.05, 3.63) is 99.3 Å². The SMILES string of the molecule is O=C(Cn1ccc(=O)c2cc(Cl)ccc21)Nc1cc(Cl)ccc1Oc1ccccc1. The standard InChI is InChI=1S/C23H16Cl2N2O3/c24-15-6-8-20-18(12-15)21(28)10-11-27(20)14-23(29)26-19-13-16(25)7-9-22(19)30-17-4-2-1-3-5-17/h1-13H,14H2,(H,26,29). The molecule has 0 radical (unpaired) electrons. The number of nitrogens with zero attached hydrogens (tertiary/aromatic N) is 1. The number of halogens is 2. The second-order valence-corrected chi connectivity index (χ2v) is 7.45. The van der Waals surface area contributed by atoms with Gasteiger partial charge in [-0.05, 0) is 48.5 Å². The Balaban J connectivity index is 1.59. The van der Waals surface area contributed by atoms with Gasteiger partial charge in [-0.3, -0.25) is 9.59 Å². The van der Waals surface area contributed by atoms with Crippen molar-refractivity contribution in [2.45, 2.75) is 6.54 Å². The second-order valence-electron chi connectivity index (χ2n) is 6.57. The number of pyridine rings is 1. The van der Waals surface area contributed by atoms with Crippen LogP contribution in [0.15, 0.2) is 83.8 Å². The Labute approximate surface area is 182 Å². The number of hydrogen-bond acceptors (Lipinski definition) is 3. The predicted molar refractivity (Wildman–Crippen MR) is 120 cm³/mol. The van der Waals surface area contributed by atoms with Crippen LogP contribution in [0.4, 0.5) is 5.69 Å².